The van der Waals surface area contributed by atoms with E-state index in [0.717, 1.165) is 21.9 Å². The van der Waals surface area contributed by atoms with E-state index in [9.17, 15) is 9.90 Å². The molecule has 118 valence electrons. The van der Waals surface area contributed by atoms with Crippen LogP contribution in [0.15, 0.2) is 64.7 Å². The van der Waals surface area contributed by atoms with Gasteiger partial charge < -0.3 is 15.2 Å². The van der Waals surface area contributed by atoms with Crippen molar-refractivity contribution in [3.05, 3.63) is 65.4 Å². The molecule has 2 N–H and O–H groups in total. The Kier molecular flexibility index (Phi) is 4.30. The quantitative estimate of drug-likeness (QED) is 0.879. The Balaban J connectivity index is 2.10. The predicted octanol–water partition coefficient (Wildman–Crippen LogP) is 4.31. The number of para-hydroxylation sites is 1. The molecule has 0 spiro atoms. The fraction of sp³-hybridized carbons (Fsp3) is 0.167. The maximum absolute atomic E-state index is 11.8. The fourth-order valence-electron chi connectivity index (χ4n) is 2.61. The molecule has 2 aromatic carbocycles. The number of hydrogen-bond donors (Lipinski definition) is 2. The lowest BCUT2D eigenvalue weighted by Gasteiger charge is -2.17. The van der Waals surface area contributed by atoms with Crippen molar-refractivity contribution in [1.29, 1.82) is 0 Å². The highest BCUT2D eigenvalue weighted by molar-refractivity contribution is 8.00. The molecule has 1 aliphatic rings. The molecule has 2 aromatic rings. The molecule has 0 aromatic heterocycles. The van der Waals surface area contributed by atoms with E-state index in [1.54, 1.807) is 18.9 Å². The molecule has 0 amide bonds. The first-order chi connectivity index (χ1) is 11.1. The molecule has 23 heavy (non-hydrogen) atoms. The molecule has 1 unspecified atom stereocenters. The number of thioether (sulfide) groups is 1. The van der Waals surface area contributed by atoms with Crippen LogP contribution in [0.1, 0.15) is 17.7 Å². The third-order valence-corrected chi connectivity index (χ3v) is 5.12. The van der Waals surface area contributed by atoms with Crippen molar-refractivity contribution < 1.29 is 14.6 Å². The first kappa shape index (κ1) is 15.5. The second-order valence-corrected chi connectivity index (χ2v) is 6.38. The van der Waals surface area contributed by atoms with Crippen molar-refractivity contribution in [2.75, 3.05) is 12.4 Å². The van der Waals surface area contributed by atoms with Gasteiger partial charge in [-0.25, -0.2) is 4.79 Å². The summed E-state index contributed by atoms with van der Waals surface area (Å²) < 4.78 is 5.19. The Bertz CT molecular complexity index is 768. The van der Waals surface area contributed by atoms with Gasteiger partial charge in [0, 0.05) is 10.6 Å². The minimum atomic E-state index is -0.906. The van der Waals surface area contributed by atoms with Gasteiger partial charge in [0.15, 0.2) is 0 Å². The maximum Gasteiger partial charge on any atom is 0.334 e. The van der Waals surface area contributed by atoms with Gasteiger partial charge in [-0.3, -0.25) is 0 Å². The van der Waals surface area contributed by atoms with Gasteiger partial charge in [-0.2, -0.15) is 0 Å². The van der Waals surface area contributed by atoms with Crippen LogP contribution in [0.3, 0.4) is 0 Å². The number of allylic oxidation sites excluding steroid dienone is 1. The minimum Gasteiger partial charge on any atom is -0.497 e. The zero-order chi connectivity index (χ0) is 16.4. The Morgan fingerprint density at radius 1 is 1.17 bits per heavy atom. The molecule has 1 heterocycles. The number of benzene rings is 2. The molecule has 1 aliphatic heterocycles. The summed E-state index contributed by atoms with van der Waals surface area (Å²) in [6.07, 6.45) is 0. The van der Waals surface area contributed by atoms with Crippen LogP contribution in [0, 0.1) is 0 Å². The Hall–Kier alpha value is -2.40. The summed E-state index contributed by atoms with van der Waals surface area (Å²) in [6, 6.07) is 15.4. The summed E-state index contributed by atoms with van der Waals surface area (Å²) in [5.74, 6) is -0.153. The standard InChI is InChI=1S/C18H17NO3S/c1-11-16(18(20)21)17(12-7-9-13(22-2)10-8-12)23-15-6-4-3-5-14(15)19-11/h3-10,17,19H,1-2H3,(H,20,21). The Morgan fingerprint density at radius 2 is 1.87 bits per heavy atom. The molecule has 0 bridgehead atoms. The fourth-order valence-corrected chi connectivity index (χ4v) is 3.96. The Labute approximate surface area is 139 Å². The summed E-state index contributed by atoms with van der Waals surface area (Å²) in [4.78, 5) is 12.9. The van der Waals surface area contributed by atoms with Gasteiger partial charge in [0.25, 0.3) is 0 Å². The van der Waals surface area contributed by atoms with Crippen molar-refractivity contribution in [2.24, 2.45) is 0 Å². The number of methoxy groups -OCH3 is 1. The van der Waals surface area contributed by atoms with E-state index in [4.69, 9.17) is 4.74 Å². The highest BCUT2D eigenvalue weighted by Gasteiger charge is 2.29. The number of hydrogen-bond acceptors (Lipinski definition) is 4. The molecule has 0 fully saturated rings. The molecule has 5 heteroatoms. The van der Waals surface area contributed by atoms with Gasteiger partial charge in [-0.15, -0.1) is 11.8 Å². The van der Waals surface area contributed by atoms with E-state index in [2.05, 4.69) is 5.32 Å². The van der Waals surface area contributed by atoms with Crippen LogP contribution >= 0.6 is 11.8 Å². The first-order valence-corrected chi connectivity index (χ1v) is 8.09. The number of aliphatic carboxylic acids is 1. The van der Waals surface area contributed by atoms with E-state index in [-0.39, 0.29) is 5.25 Å². The molecule has 0 aliphatic carbocycles. The highest BCUT2D eigenvalue weighted by Crippen LogP contribution is 2.47. The highest BCUT2D eigenvalue weighted by atomic mass is 32.2. The first-order valence-electron chi connectivity index (χ1n) is 7.21. The molecule has 4 nitrogen and oxygen atoms in total. The summed E-state index contributed by atoms with van der Waals surface area (Å²) in [5.41, 5.74) is 2.91. The average Bonchev–Trinajstić information content (AvgIpc) is 2.70. The summed E-state index contributed by atoms with van der Waals surface area (Å²) in [6.45, 7) is 1.81. The zero-order valence-electron chi connectivity index (χ0n) is 12.9. The lowest BCUT2D eigenvalue weighted by atomic mass is 10.0. The molecule has 0 saturated carbocycles. The number of rotatable bonds is 3. The van der Waals surface area contributed by atoms with E-state index < -0.39 is 5.97 Å². The third-order valence-electron chi connectivity index (χ3n) is 3.77. The third kappa shape index (κ3) is 3.05. The van der Waals surface area contributed by atoms with Gasteiger partial charge in [0.05, 0.1) is 23.6 Å². The summed E-state index contributed by atoms with van der Waals surface area (Å²) in [5, 5.41) is 12.7. The summed E-state index contributed by atoms with van der Waals surface area (Å²) in [7, 11) is 1.61. The van der Waals surface area contributed by atoms with E-state index in [1.165, 1.54) is 0 Å². The van der Waals surface area contributed by atoms with Crippen LogP contribution < -0.4 is 10.1 Å². The van der Waals surface area contributed by atoms with Crippen molar-refractivity contribution >= 4 is 23.4 Å². The number of carbonyl (C=O) groups is 1. The number of ether oxygens (including phenoxy) is 1. The van der Waals surface area contributed by atoms with Crippen molar-refractivity contribution in [3.63, 3.8) is 0 Å². The molecular formula is C18H17NO3S. The topological polar surface area (TPSA) is 58.6 Å². The normalized spacial score (nSPS) is 17.0. The number of anilines is 1. The van der Waals surface area contributed by atoms with Gasteiger partial charge in [0.1, 0.15) is 5.75 Å². The van der Waals surface area contributed by atoms with Crippen LogP contribution in [0.5, 0.6) is 5.75 Å². The lowest BCUT2D eigenvalue weighted by Crippen LogP contribution is -2.12. The van der Waals surface area contributed by atoms with Crippen LogP contribution in [0.4, 0.5) is 5.69 Å². The monoisotopic (exact) mass is 327 g/mol. The molecule has 0 radical (unpaired) electrons. The SMILES string of the molecule is COc1ccc(C2Sc3ccccc3NC(C)=C2C(=O)O)cc1. The largest absolute Gasteiger partial charge is 0.497 e. The maximum atomic E-state index is 11.8. The van der Waals surface area contributed by atoms with Crippen LogP contribution in [-0.2, 0) is 4.79 Å². The van der Waals surface area contributed by atoms with Crippen LogP contribution in [0.2, 0.25) is 0 Å². The average molecular weight is 327 g/mol. The van der Waals surface area contributed by atoms with Crippen molar-refractivity contribution in [2.45, 2.75) is 17.1 Å². The van der Waals surface area contributed by atoms with Gasteiger partial charge in [-0.1, -0.05) is 24.3 Å². The minimum absolute atomic E-state index is 0.283. The Morgan fingerprint density at radius 3 is 2.52 bits per heavy atom. The van der Waals surface area contributed by atoms with Crippen LogP contribution in [-0.4, -0.2) is 18.2 Å². The second kappa shape index (κ2) is 6.38. The summed E-state index contributed by atoms with van der Waals surface area (Å²) >= 11 is 1.54. The second-order valence-electron chi connectivity index (χ2n) is 5.24. The zero-order valence-corrected chi connectivity index (χ0v) is 13.7. The predicted molar refractivity (Wildman–Crippen MR) is 92.0 cm³/mol. The molecule has 0 saturated heterocycles. The number of fused-ring (bicyclic) bond motifs is 1. The van der Waals surface area contributed by atoms with E-state index in [1.807, 2.05) is 55.5 Å². The van der Waals surface area contributed by atoms with E-state index in [0.29, 0.717) is 11.3 Å². The lowest BCUT2D eigenvalue weighted by molar-refractivity contribution is -0.132. The van der Waals surface area contributed by atoms with Gasteiger partial charge >= 0.3 is 5.97 Å². The molecule has 1 atom stereocenters. The van der Waals surface area contributed by atoms with Gasteiger partial charge in [-0.05, 0) is 36.8 Å². The number of carboxylic acid groups (broad SMARTS) is 1. The molecular weight excluding hydrogens is 310 g/mol. The van der Waals surface area contributed by atoms with Gasteiger partial charge in [0.2, 0.25) is 0 Å². The number of carboxylic acids is 1. The molecule has 3 rings (SSSR count). The van der Waals surface area contributed by atoms with E-state index >= 15 is 0 Å². The smallest absolute Gasteiger partial charge is 0.334 e. The number of nitrogens with one attached hydrogen (secondary N) is 1. The van der Waals surface area contributed by atoms with Crippen molar-refractivity contribution in [1.82, 2.24) is 0 Å². The van der Waals surface area contributed by atoms with Crippen LogP contribution in [0.25, 0.3) is 0 Å². The van der Waals surface area contributed by atoms with Crippen molar-refractivity contribution in [3.8, 4) is 5.75 Å².